The molecule has 0 spiro atoms. The average molecular weight is 296 g/mol. The Morgan fingerprint density at radius 2 is 1.81 bits per heavy atom. The predicted octanol–water partition coefficient (Wildman–Crippen LogP) is 3.76. The van der Waals surface area contributed by atoms with Crippen LogP contribution >= 0.6 is 0 Å². The van der Waals surface area contributed by atoms with Crippen LogP contribution in [0.4, 0.5) is 19.0 Å². The van der Waals surface area contributed by atoms with Gasteiger partial charge in [0.05, 0.1) is 7.11 Å². The zero-order chi connectivity index (χ0) is 15.3. The van der Waals surface area contributed by atoms with Crippen LogP contribution < -0.4 is 10.1 Å². The fourth-order valence-corrected chi connectivity index (χ4v) is 1.82. The highest BCUT2D eigenvalue weighted by molar-refractivity contribution is 5.36. The number of benzene rings is 1. The summed E-state index contributed by atoms with van der Waals surface area (Å²) in [6.07, 6.45) is -3.74. The summed E-state index contributed by atoms with van der Waals surface area (Å²) in [7, 11) is 1.59. The maximum atomic E-state index is 12.5. The third-order valence-electron chi connectivity index (χ3n) is 2.92. The van der Waals surface area contributed by atoms with Gasteiger partial charge < -0.3 is 10.1 Å². The molecule has 0 aliphatic rings. The number of anilines is 1. The molecule has 0 radical (unpaired) electrons. The van der Waals surface area contributed by atoms with Crippen molar-refractivity contribution in [3.8, 4) is 5.75 Å². The van der Waals surface area contributed by atoms with Gasteiger partial charge in [-0.15, -0.1) is 0 Å². The highest BCUT2D eigenvalue weighted by atomic mass is 19.4. The van der Waals surface area contributed by atoms with Crippen LogP contribution in [0.1, 0.15) is 11.3 Å². The minimum absolute atomic E-state index is 0.221. The summed E-state index contributed by atoms with van der Waals surface area (Å²) in [5.74, 6) is 0.990. The van der Waals surface area contributed by atoms with Crippen molar-refractivity contribution >= 4 is 5.82 Å². The number of halogens is 3. The molecule has 0 saturated carbocycles. The summed E-state index contributed by atoms with van der Waals surface area (Å²) in [5.41, 5.74) is 0.173. The van der Waals surface area contributed by atoms with Crippen LogP contribution in [0, 0.1) is 0 Å². The molecule has 1 aromatic carbocycles. The minimum atomic E-state index is -4.42. The number of nitrogens with one attached hydrogen (secondary N) is 1. The first-order valence-corrected chi connectivity index (χ1v) is 6.40. The standard InChI is InChI=1S/C15H15F3N2O/c1-21-12-7-5-11(6-8-12)9-10-19-14-4-2-3-13(20-14)15(16,17)18/h2-8H,9-10H2,1H3,(H,19,20). The van der Waals surface area contributed by atoms with Crippen LogP contribution in [0.2, 0.25) is 0 Å². The maximum Gasteiger partial charge on any atom is 0.433 e. The Labute approximate surface area is 120 Å². The van der Waals surface area contributed by atoms with Gasteiger partial charge in [0.2, 0.25) is 0 Å². The minimum Gasteiger partial charge on any atom is -0.497 e. The molecule has 1 N–H and O–H groups in total. The van der Waals surface area contributed by atoms with E-state index in [2.05, 4.69) is 10.3 Å². The van der Waals surface area contributed by atoms with E-state index in [1.165, 1.54) is 12.1 Å². The number of aromatic nitrogens is 1. The van der Waals surface area contributed by atoms with Gasteiger partial charge in [0.15, 0.2) is 0 Å². The number of pyridine rings is 1. The first-order chi connectivity index (χ1) is 9.99. The van der Waals surface area contributed by atoms with Crippen molar-refractivity contribution in [1.29, 1.82) is 0 Å². The molecule has 21 heavy (non-hydrogen) atoms. The molecule has 1 aromatic heterocycles. The van der Waals surface area contributed by atoms with Gasteiger partial charge in [-0.3, -0.25) is 0 Å². The summed E-state index contributed by atoms with van der Waals surface area (Å²) in [5, 5.41) is 2.89. The quantitative estimate of drug-likeness (QED) is 0.912. The molecule has 3 nitrogen and oxygen atoms in total. The second-order valence-corrected chi connectivity index (χ2v) is 4.43. The molecule has 0 fully saturated rings. The molecular formula is C15H15F3N2O. The molecular weight excluding hydrogens is 281 g/mol. The molecule has 2 rings (SSSR count). The van der Waals surface area contributed by atoms with Crippen molar-refractivity contribution in [3.05, 3.63) is 53.7 Å². The molecule has 0 atom stereocenters. The van der Waals surface area contributed by atoms with Gasteiger partial charge in [-0.25, -0.2) is 4.98 Å². The lowest BCUT2D eigenvalue weighted by molar-refractivity contribution is -0.141. The normalized spacial score (nSPS) is 11.2. The monoisotopic (exact) mass is 296 g/mol. The smallest absolute Gasteiger partial charge is 0.433 e. The maximum absolute atomic E-state index is 12.5. The summed E-state index contributed by atoms with van der Waals surface area (Å²) in [6.45, 7) is 0.501. The zero-order valence-corrected chi connectivity index (χ0v) is 11.4. The summed E-state index contributed by atoms with van der Waals surface area (Å²) in [6, 6.07) is 11.3. The van der Waals surface area contributed by atoms with Gasteiger partial charge in [0.1, 0.15) is 17.3 Å². The van der Waals surface area contributed by atoms with Crippen molar-refractivity contribution < 1.29 is 17.9 Å². The van der Waals surface area contributed by atoms with E-state index in [-0.39, 0.29) is 5.82 Å². The van der Waals surface area contributed by atoms with Gasteiger partial charge in [0, 0.05) is 6.54 Å². The van der Waals surface area contributed by atoms with Crippen molar-refractivity contribution in [2.75, 3.05) is 19.0 Å². The number of nitrogens with zero attached hydrogens (tertiary/aromatic N) is 1. The van der Waals surface area contributed by atoms with E-state index in [1.807, 2.05) is 24.3 Å². The van der Waals surface area contributed by atoms with Crippen LogP contribution in [0.3, 0.4) is 0 Å². The van der Waals surface area contributed by atoms with Crippen molar-refractivity contribution in [2.24, 2.45) is 0 Å². The lowest BCUT2D eigenvalue weighted by atomic mass is 10.1. The summed E-state index contributed by atoms with van der Waals surface area (Å²) >= 11 is 0. The zero-order valence-electron chi connectivity index (χ0n) is 11.4. The number of alkyl halides is 3. The Balaban J connectivity index is 1.91. The van der Waals surface area contributed by atoms with Crippen molar-refractivity contribution in [2.45, 2.75) is 12.6 Å². The lowest BCUT2D eigenvalue weighted by Crippen LogP contribution is -2.11. The molecule has 0 amide bonds. The van der Waals surface area contributed by atoms with Crippen LogP contribution in [0.25, 0.3) is 0 Å². The first kappa shape index (κ1) is 15.2. The van der Waals surface area contributed by atoms with E-state index < -0.39 is 11.9 Å². The summed E-state index contributed by atoms with van der Waals surface area (Å²) in [4.78, 5) is 3.55. The second kappa shape index (κ2) is 6.47. The lowest BCUT2D eigenvalue weighted by Gasteiger charge is -2.09. The van der Waals surface area contributed by atoms with Gasteiger partial charge in [-0.2, -0.15) is 13.2 Å². The number of methoxy groups -OCH3 is 1. The molecule has 1 heterocycles. The highest BCUT2D eigenvalue weighted by Crippen LogP contribution is 2.28. The third kappa shape index (κ3) is 4.37. The van der Waals surface area contributed by atoms with Crippen LogP contribution in [0.5, 0.6) is 5.75 Å². The van der Waals surface area contributed by atoms with E-state index in [0.717, 1.165) is 17.4 Å². The number of ether oxygens (including phenoxy) is 1. The Bertz CT molecular complexity index is 582. The topological polar surface area (TPSA) is 34.1 Å². The van der Waals surface area contributed by atoms with E-state index in [0.29, 0.717) is 13.0 Å². The largest absolute Gasteiger partial charge is 0.497 e. The Hall–Kier alpha value is -2.24. The summed E-state index contributed by atoms with van der Waals surface area (Å²) < 4.78 is 42.6. The van der Waals surface area contributed by atoms with E-state index in [1.54, 1.807) is 7.11 Å². The molecule has 0 aliphatic heterocycles. The van der Waals surface area contributed by atoms with Gasteiger partial charge in [-0.05, 0) is 36.2 Å². The fraction of sp³-hybridized carbons (Fsp3) is 0.267. The first-order valence-electron chi connectivity index (χ1n) is 6.40. The highest BCUT2D eigenvalue weighted by Gasteiger charge is 2.32. The predicted molar refractivity (Wildman–Crippen MR) is 74.4 cm³/mol. The molecule has 0 aliphatic carbocycles. The van der Waals surface area contributed by atoms with Crippen molar-refractivity contribution in [1.82, 2.24) is 4.98 Å². The molecule has 6 heteroatoms. The SMILES string of the molecule is COc1ccc(CCNc2cccc(C(F)(F)F)n2)cc1. The van der Waals surface area contributed by atoms with Gasteiger partial charge in [0.25, 0.3) is 0 Å². The average Bonchev–Trinajstić information content (AvgIpc) is 2.47. The number of rotatable bonds is 5. The number of hydrogen-bond donors (Lipinski definition) is 1. The Kier molecular flexibility index (Phi) is 4.67. The fourth-order valence-electron chi connectivity index (χ4n) is 1.82. The third-order valence-corrected chi connectivity index (χ3v) is 2.92. The van der Waals surface area contributed by atoms with E-state index >= 15 is 0 Å². The molecule has 0 saturated heterocycles. The van der Waals surface area contributed by atoms with Crippen molar-refractivity contribution in [3.63, 3.8) is 0 Å². The second-order valence-electron chi connectivity index (χ2n) is 4.43. The van der Waals surface area contributed by atoms with Crippen LogP contribution in [-0.4, -0.2) is 18.6 Å². The van der Waals surface area contributed by atoms with Gasteiger partial charge in [-0.1, -0.05) is 18.2 Å². The Morgan fingerprint density at radius 1 is 1.10 bits per heavy atom. The van der Waals surface area contributed by atoms with Crippen LogP contribution in [0.15, 0.2) is 42.5 Å². The molecule has 0 bridgehead atoms. The van der Waals surface area contributed by atoms with E-state index in [4.69, 9.17) is 4.74 Å². The Morgan fingerprint density at radius 3 is 2.43 bits per heavy atom. The van der Waals surface area contributed by atoms with Gasteiger partial charge >= 0.3 is 6.18 Å². The van der Waals surface area contributed by atoms with Crippen LogP contribution in [-0.2, 0) is 12.6 Å². The van der Waals surface area contributed by atoms with E-state index in [9.17, 15) is 13.2 Å². The number of hydrogen-bond acceptors (Lipinski definition) is 3. The molecule has 112 valence electrons. The molecule has 0 unspecified atom stereocenters. The molecule has 2 aromatic rings.